The summed E-state index contributed by atoms with van der Waals surface area (Å²) in [6, 6.07) is 0. The van der Waals surface area contributed by atoms with Crippen LogP contribution in [0.3, 0.4) is 0 Å². The van der Waals surface area contributed by atoms with Gasteiger partial charge >= 0.3 is 5.97 Å². The molecule has 1 amide bonds. The second-order valence-electron chi connectivity index (χ2n) is 3.89. The summed E-state index contributed by atoms with van der Waals surface area (Å²) in [6.07, 6.45) is 2.99. The van der Waals surface area contributed by atoms with Crippen molar-refractivity contribution in [1.82, 2.24) is 5.32 Å². The first-order chi connectivity index (χ1) is 7.10. The van der Waals surface area contributed by atoms with Gasteiger partial charge in [-0.1, -0.05) is 12.8 Å². The molecule has 0 saturated heterocycles. The summed E-state index contributed by atoms with van der Waals surface area (Å²) < 4.78 is 4.76. The minimum Gasteiger partial charge on any atom is -0.480 e. The molecule has 0 aromatic carbocycles. The van der Waals surface area contributed by atoms with Gasteiger partial charge in [0.1, 0.15) is 5.54 Å². The molecule has 1 rings (SSSR count). The highest BCUT2D eigenvalue weighted by Crippen LogP contribution is 2.29. The van der Waals surface area contributed by atoms with E-state index in [1.54, 1.807) is 0 Å². The van der Waals surface area contributed by atoms with E-state index in [2.05, 4.69) is 5.32 Å². The molecule has 0 aliphatic heterocycles. The van der Waals surface area contributed by atoms with E-state index in [1.807, 2.05) is 0 Å². The van der Waals surface area contributed by atoms with Crippen molar-refractivity contribution in [3.63, 3.8) is 0 Å². The minimum atomic E-state index is -1.02. The number of carbonyl (C=O) groups excluding carboxylic acids is 1. The standard InChI is InChI=1S/C10H17NO4/c1-15-7-4-8(12)11-10(9(13)14)5-2-3-6-10/h2-7H2,1H3,(H,11,12)(H,13,14). The van der Waals surface area contributed by atoms with E-state index in [4.69, 9.17) is 9.84 Å². The van der Waals surface area contributed by atoms with Gasteiger partial charge in [-0.15, -0.1) is 0 Å². The fraction of sp³-hybridized carbons (Fsp3) is 0.800. The molecule has 0 spiro atoms. The third kappa shape index (κ3) is 2.92. The fourth-order valence-electron chi connectivity index (χ4n) is 1.90. The van der Waals surface area contributed by atoms with Crippen molar-refractivity contribution in [3.8, 4) is 0 Å². The number of methoxy groups -OCH3 is 1. The summed E-state index contributed by atoms with van der Waals surface area (Å²) in [7, 11) is 1.51. The number of carbonyl (C=O) groups is 2. The van der Waals surface area contributed by atoms with Gasteiger partial charge in [-0.25, -0.2) is 4.79 Å². The molecular weight excluding hydrogens is 198 g/mol. The van der Waals surface area contributed by atoms with E-state index in [0.29, 0.717) is 19.4 Å². The number of hydrogen-bond acceptors (Lipinski definition) is 3. The summed E-state index contributed by atoms with van der Waals surface area (Å²) in [5.41, 5.74) is -1.02. The van der Waals surface area contributed by atoms with Crippen molar-refractivity contribution in [2.24, 2.45) is 0 Å². The molecule has 1 saturated carbocycles. The van der Waals surface area contributed by atoms with Crippen LogP contribution in [0.4, 0.5) is 0 Å². The number of amides is 1. The van der Waals surface area contributed by atoms with E-state index >= 15 is 0 Å². The van der Waals surface area contributed by atoms with Gasteiger partial charge in [0.15, 0.2) is 0 Å². The Labute approximate surface area is 88.8 Å². The summed E-state index contributed by atoms with van der Waals surface area (Å²) >= 11 is 0. The zero-order valence-electron chi connectivity index (χ0n) is 8.91. The van der Waals surface area contributed by atoms with E-state index in [0.717, 1.165) is 12.8 Å². The zero-order chi connectivity index (χ0) is 11.3. The highest BCUT2D eigenvalue weighted by molar-refractivity contribution is 5.87. The van der Waals surface area contributed by atoms with E-state index in [-0.39, 0.29) is 12.3 Å². The smallest absolute Gasteiger partial charge is 0.329 e. The van der Waals surface area contributed by atoms with Crippen molar-refractivity contribution in [3.05, 3.63) is 0 Å². The number of ether oxygens (including phenoxy) is 1. The van der Waals surface area contributed by atoms with Crippen molar-refractivity contribution in [2.75, 3.05) is 13.7 Å². The summed E-state index contributed by atoms with van der Waals surface area (Å²) in [6.45, 7) is 0.321. The topological polar surface area (TPSA) is 75.6 Å². The first-order valence-corrected chi connectivity index (χ1v) is 5.14. The van der Waals surface area contributed by atoms with Gasteiger partial charge < -0.3 is 15.2 Å². The Morgan fingerprint density at radius 1 is 1.40 bits per heavy atom. The van der Waals surface area contributed by atoms with E-state index < -0.39 is 11.5 Å². The highest BCUT2D eigenvalue weighted by Gasteiger charge is 2.42. The molecule has 0 unspecified atom stereocenters. The Kier molecular flexibility index (Phi) is 4.08. The first-order valence-electron chi connectivity index (χ1n) is 5.14. The van der Waals surface area contributed by atoms with Gasteiger partial charge in [-0.05, 0) is 12.8 Å². The lowest BCUT2D eigenvalue weighted by atomic mass is 9.97. The van der Waals surface area contributed by atoms with Gasteiger partial charge in [0.2, 0.25) is 5.91 Å². The number of aliphatic carboxylic acids is 1. The lowest BCUT2D eigenvalue weighted by Gasteiger charge is -2.25. The number of carboxylic acid groups (broad SMARTS) is 1. The maximum atomic E-state index is 11.4. The average molecular weight is 215 g/mol. The van der Waals surface area contributed by atoms with Crippen LogP contribution in [0.15, 0.2) is 0 Å². The first kappa shape index (κ1) is 12.0. The van der Waals surface area contributed by atoms with Gasteiger partial charge in [-0.2, -0.15) is 0 Å². The molecule has 0 radical (unpaired) electrons. The molecule has 0 bridgehead atoms. The Morgan fingerprint density at radius 3 is 2.47 bits per heavy atom. The third-order valence-corrected chi connectivity index (χ3v) is 2.78. The highest BCUT2D eigenvalue weighted by atomic mass is 16.5. The van der Waals surface area contributed by atoms with Crippen LogP contribution in [0.1, 0.15) is 32.1 Å². The van der Waals surface area contributed by atoms with Crippen molar-refractivity contribution >= 4 is 11.9 Å². The van der Waals surface area contributed by atoms with Crippen LogP contribution in [-0.4, -0.2) is 36.2 Å². The number of rotatable bonds is 5. The molecule has 2 N–H and O–H groups in total. The van der Waals surface area contributed by atoms with Gasteiger partial charge in [0.05, 0.1) is 6.61 Å². The number of carboxylic acids is 1. The summed E-state index contributed by atoms with van der Waals surface area (Å²) in [5.74, 6) is -1.17. The Balaban J connectivity index is 2.52. The van der Waals surface area contributed by atoms with Gasteiger partial charge in [0.25, 0.3) is 0 Å². The summed E-state index contributed by atoms with van der Waals surface area (Å²) in [5, 5.41) is 11.7. The largest absolute Gasteiger partial charge is 0.480 e. The quantitative estimate of drug-likeness (QED) is 0.701. The fourth-order valence-corrected chi connectivity index (χ4v) is 1.90. The molecule has 0 atom stereocenters. The second kappa shape index (κ2) is 5.11. The molecule has 1 aliphatic carbocycles. The molecule has 5 heteroatoms. The normalized spacial score (nSPS) is 18.7. The Bertz CT molecular complexity index is 246. The molecular formula is C10H17NO4. The van der Waals surface area contributed by atoms with Crippen molar-refractivity contribution in [1.29, 1.82) is 0 Å². The molecule has 15 heavy (non-hydrogen) atoms. The van der Waals surface area contributed by atoms with Crippen LogP contribution in [0.25, 0.3) is 0 Å². The lowest BCUT2D eigenvalue weighted by Crippen LogP contribution is -2.52. The molecule has 1 fully saturated rings. The Morgan fingerprint density at radius 2 is 2.00 bits per heavy atom. The monoisotopic (exact) mass is 215 g/mol. The third-order valence-electron chi connectivity index (χ3n) is 2.78. The number of nitrogens with one attached hydrogen (secondary N) is 1. The predicted octanol–water partition coefficient (Wildman–Crippen LogP) is 0.536. The molecule has 0 aromatic heterocycles. The van der Waals surface area contributed by atoms with E-state index in [9.17, 15) is 9.59 Å². The van der Waals surface area contributed by atoms with Crippen LogP contribution in [0.5, 0.6) is 0 Å². The molecule has 1 aliphatic rings. The maximum absolute atomic E-state index is 11.4. The predicted molar refractivity (Wildman–Crippen MR) is 53.5 cm³/mol. The van der Waals surface area contributed by atoms with E-state index in [1.165, 1.54) is 7.11 Å². The van der Waals surface area contributed by atoms with Crippen LogP contribution in [0.2, 0.25) is 0 Å². The molecule has 0 heterocycles. The van der Waals surface area contributed by atoms with Crippen LogP contribution < -0.4 is 5.32 Å². The Hall–Kier alpha value is -1.10. The van der Waals surface area contributed by atoms with Crippen molar-refractivity contribution < 1.29 is 19.4 Å². The van der Waals surface area contributed by atoms with Crippen LogP contribution >= 0.6 is 0 Å². The van der Waals surface area contributed by atoms with Crippen molar-refractivity contribution in [2.45, 2.75) is 37.6 Å². The van der Waals surface area contributed by atoms with Gasteiger partial charge in [-0.3, -0.25) is 4.79 Å². The van der Waals surface area contributed by atoms with Crippen LogP contribution in [-0.2, 0) is 14.3 Å². The molecule has 5 nitrogen and oxygen atoms in total. The minimum absolute atomic E-state index is 0.214. The van der Waals surface area contributed by atoms with Crippen LogP contribution in [0, 0.1) is 0 Å². The molecule has 0 aromatic rings. The molecule has 86 valence electrons. The van der Waals surface area contributed by atoms with Gasteiger partial charge in [0, 0.05) is 13.5 Å². The SMILES string of the molecule is COCCC(=O)NC1(C(=O)O)CCCC1. The second-order valence-corrected chi connectivity index (χ2v) is 3.89. The number of hydrogen-bond donors (Lipinski definition) is 2. The maximum Gasteiger partial charge on any atom is 0.329 e. The zero-order valence-corrected chi connectivity index (χ0v) is 8.91. The average Bonchev–Trinajstić information content (AvgIpc) is 2.64. The lowest BCUT2D eigenvalue weighted by molar-refractivity contribution is -0.147. The summed E-state index contributed by atoms with van der Waals surface area (Å²) in [4.78, 5) is 22.5.